The molecule has 2 heterocycles. The standard InChI is InChI=1S/C16H18N2O2/c17-15-10-12(13-6-9-20-11-13)4-5-14(15)16(19)18-7-2-1-3-8-18/h4-6,9-11H,1-3,7-8,17H2. The average Bonchev–Trinajstić information content (AvgIpc) is 3.01. The van der Waals surface area contributed by atoms with Crippen LogP contribution in [0, 0.1) is 0 Å². The third-order valence-electron chi connectivity index (χ3n) is 3.78. The number of carbonyl (C=O) groups excluding carboxylic acids is 1. The van der Waals surface area contributed by atoms with E-state index < -0.39 is 0 Å². The number of hydrogen-bond donors (Lipinski definition) is 1. The third kappa shape index (κ3) is 2.41. The summed E-state index contributed by atoms with van der Waals surface area (Å²) in [6, 6.07) is 7.44. The first-order valence-corrected chi connectivity index (χ1v) is 6.97. The van der Waals surface area contributed by atoms with Gasteiger partial charge in [-0.1, -0.05) is 6.07 Å². The van der Waals surface area contributed by atoms with E-state index in [2.05, 4.69) is 0 Å². The number of benzene rings is 1. The van der Waals surface area contributed by atoms with Crippen LogP contribution in [0.1, 0.15) is 29.6 Å². The molecule has 0 spiro atoms. The zero-order valence-electron chi connectivity index (χ0n) is 11.3. The highest BCUT2D eigenvalue weighted by molar-refractivity contribution is 6.00. The first-order valence-electron chi connectivity index (χ1n) is 6.97. The molecule has 0 radical (unpaired) electrons. The Morgan fingerprint density at radius 3 is 2.55 bits per heavy atom. The summed E-state index contributed by atoms with van der Waals surface area (Å²) >= 11 is 0. The Kier molecular flexibility index (Phi) is 3.46. The SMILES string of the molecule is Nc1cc(-c2ccoc2)ccc1C(=O)N1CCCCC1. The topological polar surface area (TPSA) is 59.5 Å². The fraction of sp³-hybridized carbons (Fsp3) is 0.312. The highest BCUT2D eigenvalue weighted by atomic mass is 16.3. The van der Waals surface area contributed by atoms with Crippen LogP contribution in [0.3, 0.4) is 0 Å². The quantitative estimate of drug-likeness (QED) is 0.853. The molecule has 0 saturated carbocycles. The summed E-state index contributed by atoms with van der Waals surface area (Å²) in [6.07, 6.45) is 6.66. The van der Waals surface area contributed by atoms with E-state index in [4.69, 9.17) is 10.2 Å². The second-order valence-corrected chi connectivity index (χ2v) is 5.17. The van der Waals surface area contributed by atoms with Gasteiger partial charge in [-0.2, -0.15) is 0 Å². The van der Waals surface area contributed by atoms with E-state index in [-0.39, 0.29) is 5.91 Å². The maximum Gasteiger partial charge on any atom is 0.255 e. The molecular weight excluding hydrogens is 252 g/mol. The number of nitrogens with two attached hydrogens (primary N) is 1. The predicted octanol–water partition coefficient (Wildman–Crippen LogP) is 3.15. The maximum atomic E-state index is 12.4. The molecule has 2 aromatic rings. The molecule has 1 saturated heterocycles. The maximum absolute atomic E-state index is 12.4. The Labute approximate surface area is 118 Å². The van der Waals surface area contributed by atoms with E-state index in [0.29, 0.717) is 11.3 Å². The zero-order valence-corrected chi connectivity index (χ0v) is 11.3. The number of amides is 1. The molecule has 1 aromatic heterocycles. The number of piperidine rings is 1. The van der Waals surface area contributed by atoms with E-state index in [9.17, 15) is 4.79 Å². The second-order valence-electron chi connectivity index (χ2n) is 5.17. The van der Waals surface area contributed by atoms with Gasteiger partial charge in [0.15, 0.2) is 0 Å². The molecule has 4 heteroatoms. The number of anilines is 1. The Morgan fingerprint density at radius 2 is 1.90 bits per heavy atom. The highest BCUT2D eigenvalue weighted by Crippen LogP contribution is 2.25. The molecule has 2 N–H and O–H groups in total. The monoisotopic (exact) mass is 270 g/mol. The van der Waals surface area contributed by atoms with E-state index >= 15 is 0 Å². The molecule has 1 fully saturated rings. The highest BCUT2D eigenvalue weighted by Gasteiger charge is 2.20. The number of hydrogen-bond acceptors (Lipinski definition) is 3. The van der Waals surface area contributed by atoms with Crippen molar-refractivity contribution in [3.8, 4) is 11.1 Å². The van der Waals surface area contributed by atoms with Crippen LogP contribution in [0.15, 0.2) is 41.2 Å². The number of rotatable bonds is 2. The van der Waals surface area contributed by atoms with Crippen molar-refractivity contribution >= 4 is 11.6 Å². The van der Waals surface area contributed by atoms with Gasteiger partial charge in [0.2, 0.25) is 0 Å². The van der Waals surface area contributed by atoms with Crippen LogP contribution in [0.5, 0.6) is 0 Å². The smallest absolute Gasteiger partial charge is 0.255 e. The molecule has 1 aromatic carbocycles. The van der Waals surface area contributed by atoms with Gasteiger partial charge in [-0.3, -0.25) is 4.79 Å². The Morgan fingerprint density at radius 1 is 1.10 bits per heavy atom. The van der Waals surface area contributed by atoms with Crippen LogP contribution in [-0.2, 0) is 0 Å². The van der Waals surface area contributed by atoms with Gasteiger partial charge < -0.3 is 15.1 Å². The summed E-state index contributed by atoms with van der Waals surface area (Å²) in [7, 11) is 0. The first-order chi connectivity index (χ1) is 9.75. The van der Waals surface area contributed by atoms with Gasteiger partial charge in [-0.15, -0.1) is 0 Å². The van der Waals surface area contributed by atoms with Gasteiger partial charge in [0, 0.05) is 24.3 Å². The van der Waals surface area contributed by atoms with Crippen molar-refractivity contribution in [1.29, 1.82) is 0 Å². The fourth-order valence-corrected chi connectivity index (χ4v) is 2.63. The molecule has 3 rings (SSSR count). The molecule has 1 aliphatic heterocycles. The molecule has 0 unspecified atom stereocenters. The fourth-order valence-electron chi connectivity index (χ4n) is 2.63. The first kappa shape index (κ1) is 12.8. The van der Waals surface area contributed by atoms with Gasteiger partial charge in [-0.25, -0.2) is 0 Å². The molecule has 20 heavy (non-hydrogen) atoms. The molecule has 0 atom stereocenters. The number of likely N-dealkylation sites (tertiary alicyclic amines) is 1. The van der Waals surface area contributed by atoms with Crippen molar-refractivity contribution in [3.05, 3.63) is 42.4 Å². The van der Waals surface area contributed by atoms with Gasteiger partial charge in [-0.05, 0) is 43.0 Å². The second kappa shape index (κ2) is 5.41. The van der Waals surface area contributed by atoms with Gasteiger partial charge in [0.1, 0.15) is 0 Å². The van der Waals surface area contributed by atoms with E-state index in [1.165, 1.54) is 6.42 Å². The number of furan rings is 1. The summed E-state index contributed by atoms with van der Waals surface area (Å²) in [6.45, 7) is 1.67. The molecule has 1 aliphatic rings. The lowest BCUT2D eigenvalue weighted by molar-refractivity contribution is 0.0725. The van der Waals surface area contributed by atoms with Gasteiger partial charge in [0.05, 0.1) is 18.1 Å². The lowest BCUT2D eigenvalue weighted by atomic mass is 10.0. The van der Waals surface area contributed by atoms with Crippen LogP contribution in [-0.4, -0.2) is 23.9 Å². The molecule has 0 aliphatic carbocycles. The molecule has 0 bridgehead atoms. The van der Waals surface area contributed by atoms with Crippen molar-refractivity contribution in [2.45, 2.75) is 19.3 Å². The van der Waals surface area contributed by atoms with Crippen molar-refractivity contribution in [2.24, 2.45) is 0 Å². The summed E-state index contributed by atoms with van der Waals surface area (Å²) in [4.78, 5) is 14.3. The molecule has 1 amide bonds. The Bertz CT molecular complexity index is 599. The summed E-state index contributed by atoms with van der Waals surface area (Å²) in [5.74, 6) is 0.0425. The minimum atomic E-state index is 0.0425. The van der Waals surface area contributed by atoms with Crippen molar-refractivity contribution in [1.82, 2.24) is 4.90 Å². The van der Waals surface area contributed by atoms with Crippen LogP contribution >= 0.6 is 0 Å². The minimum absolute atomic E-state index is 0.0425. The largest absolute Gasteiger partial charge is 0.472 e. The number of nitrogen functional groups attached to an aromatic ring is 1. The number of nitrogens with zero attached hydrogens (tertiary/aromatic N) is 1. The van der Waals surface area contributed by atoms with E-state index in [1.54, 1.807) is 12.5 Å². The minimum Gasteiger partial charge on any atom is -0.472 e. The molecule has 104 valence electrons. The van der Waals surface area contributed by atoms with Crippen molar-refractivity contribution in [2.75, 3.05) is 18.8 Å². The summed E-state index contributed by atoms with van der Waals surface area (Å²) < 4.78 is 5.07. The van der Waals surface area contributed by atoms with Crippen LogP contribution in [0.25, 0.3) is 11.1 Å². The van der Waals surface area contributed by atoms with E-state index in [1.807, 2.05) is 29.2 Å². The van der Waals surface area contributed by atoms with Crippen molar-refractivity contribution in [3.63, 3.8) is 0 Å². The Balaban J connectivity index is 1.85. The van der Waals surface area contributed by atoms with Crippen LogP contribution < -0.4 is 5.73 Å². The third-order valence-corrected chi connectivity index (χ3v) is 3.78. The molecule has 4 nitrogen and oxygen atoms in total. The van der Waals surface area contributed by atoms with Crippen molar-refractivity contribution < 1.29 is 9.21 Å². The summed E-state index contributed by atoms with van der Waals surface area (Å²) in [5.41, 5.74) is 9.11. The average molecular weight is 270 g/mol. The molecular formula is C16H18N2O2. The zero-order chi connectivity index (χ0) is 13.9. The lowest BCUT2D eigenvalue weighted by Gasteiger charge is -2.27. The Hall–Kier alpha value is -2.23. The lowest BCUT2D eigenvalue weighted by Crippen LogP contribution is -2.35. The normalized spacial score (nSPS) is 15.3. The number of carbonyl (C=O) groups is 1. The van der Waals surface area contributed by atoms with Gasteiger partial charge in [0.25, 0.3) is 5.91 Å². The van der Waals surface area contributed by atoms with Gasteiger partial charge >= 0.3 is 0 Å². The predicted molar refractivity (Wildman–Crippen MR) is 78.3 cm³/mol. The summed E-state index contributed by atoms with van der Waals surface area (Å²) in [5, 5.41) is 0. The van der Waals surface area contributed by atoms with Crippen LogP contribution in [0.2, 0.25) is 0 Å². The van der Waals surface area contributed by atoms with E-state index in [0.717, 1.165) is 37.1 Å². The van der Waals surface area contributed by atoms with Crippen LogP contribution in [0.4, 0.5) is 5.69 Å².